The van der Waals surface area contributed by atoms with Gasteiger partial charge in [-0.2, -0.15) is 5.10 Å². The maximum Gasteiger partial charge on any atom is 0.343 e. The number of hydrogen-bond donors (Lipinski definition) is 1. The van der Waals surface area contributed by atoms with Crippen molar-refractivity contribution in [2.75, 3.05) is 7.11 Å². The van der Waals surface area contributed by atoms with Crippen molar-refractivity contribution in [1.29, 1.82) is 0 Å². The quantitative estimate of drug-likeness (QED) is 0.272. The Kier molecular flexibility index (Phi) is 6.83. The number of rotatable bonds is 6. The topological polar surface area (TPSA) is 77.0 Å². The highest BCUT2D eigenvalue weighted by Crippen LogP contribution is 2.28. The summed E-state index contributed by atoms with van der Waals surface area (Å²) in [6, 6.07) is 18.5. The van der Waals surface area contributed by atoms with E-state index in [0.717, 1.165) is 5.56 Å². The summed E-state index contributed by atoms with van der Waals surface area (Å²) in [5.41, 5.74) is 5.01. The molecule has 152 valence electrons. The SMILES string of the molecule is COc1cc(/C=N/NC(=O)c2cccc(C)c2)ccc1OC(=O)c1ccc(Cl)cc1. The second-order valence-electron chi connectivity index (χ2n) is 6.38. The number of ether oxygens (including phenoxy) is 2. The minimum atomic E-state index is -0.531. The lowest BCUT2D eigenvalue weighted by Crippen LogP contribution is -2.17. The van der Waals surface area contributed by atoms with Crippen molar-refractivity contribution in [1.82, 2.24) is 5.43 Å². The molecule has 0 aliphatic carbocycles. The highest BCUT2D eigenvalue weighted by molar-refractivity contribution is 6.30. The molecule has 0 saturated heterocycles. The molecule has 3 aromatic rings. The number of benzene rings is 3. The lowest BCUT2D eigenvalue weighted by molar-refractivity contribution is 0.0729. The number of esters is 1. The number of hydrazone groups is 1. The summed E-state index contributed by atoms with van der Waals surface area (Å²) in [6.07, 6.45) is 1.47. The maximum absolute atomic E-state index is 12.3. The molecule has 3 aromatic carbocycles. The normalized spacial score (nSPS) is 10.6. The van der Waals surface area contributed by atoms with E-state index in [4.69, 9.17) is 21.1 Å². The molecule has 0 spiro atoms. The van der Waals surface area contributed by atoms with E-state index in [1.807, 2.05) is 19.1 Å². The summed E-state index contributed by atoms with van der Waals surface area (Å²) in [4.78, 5) is 24.4. The summed E-state index contributed by atoms with van der Waals surface area (Å²) in [5.74, 6) is -0.225. The largest absolute Gasteiger partial charge is 0.493 e. The molecule has 0 fully saturated rings. The third-order valence-electron chi connectivity index (χ3n) is 4.13. The van der Waals surface area contributed by atoms with Crippen LogP contribution >= 0.6 is 11.6 Å². The number of nitrogens with one attached hydrogen (secondary N) is 1. The van der Waals surface area contributed by atoms with Crippen molar-refractivity contribution in [3.8, 4) is 11.5 Å². The van der Waals surface area contributed by atoms with Crippen molar-refractivity contribution >= 4 is 29.7 Å². The Morgan fingerprint density at radius 2 is 1.73 bits per heavy atom. The molecule has 0 saturated carbocycles. The van der Waals surface area contributed by atoms with Gasteiger partial charge in [-0.3, -0.25) is 4.79 Å². The van der Waals surface area contributed by atoms with E-state index >= 15 is 0 Å². The fraction of sp³-hybridized carbons (Fsp3) is 0.0870. The van der Waals surface area contributed by atoms with Crippen LogP contribution < -0.4 is 14.9 Å². The van der Waals surface area contributed by atoms with Gasteiger partial charge >= 0.3 is 5.97 Å². The van der Waals surface area contributed by atoms with Gasteiger partial charge in [-0.1, -0.05) is 29.3 Å². The van der Waals surface area contributed by atoms with Crippen LogP contribution in [0.1, 0.15) is 31.8 Å². The zero-order chi connectivity index (χ0) is 21.5. The van der Waals surface area contributed by atoms with Crippen molar-refractivity contribution < 1.29 is 19.1 Å². The van der Waals surface area contributed by atoms with Gasteiger partial charge in [-0.15, -0.1) is 0 Å². The lowest BCUT2D eigenvalue weighted by atomic mass is 10.1. The van der Waals surface area contributed by atoms with Crippen molar-refractivity contribution in [2.24, 2.45) is 5.10 Å². The fourth-order valence-electron chi connectivity index (χ4n) is 2.61. The molecule has 0 atom stereocenters. The van der Waals surface area contributed by atoms with E-state index in [-0.39, 0.29) is 11.7 Å². The molecule has 0 heterocycles. The van der Waals surface area contributed by atoms with Crippen molar-refractivity contribution in [3.05, 3.63) is 94.0 Å². The molecular formula is C23H19ClN2O4. The average molecular weight is 423 g/mol. The van der Waals surface area contributed by atoms with Crippen LogP contribution in [0.2, 0.25) is 5.02 Å². The molecule has 6 nitrogen and oxygen atoms in total. The molecule has 1 N–H and O–H groups in total. The number of halogens is 1. The highest BCUT2D eigenvalue weighted by Gasteiger charge is 2.13. The molecule has 0 radical (unpaired) electrons. The number of aryl methyl sites for hydroxylation is 1. The highest BCUT2D eigenvalue weighted by atomic mass is 35.5. The van der Waals surface area contributed by atoms with E-state index in [1.54, 1.807) is 54.6 Å². The van der Waals surface area contributed by atoms with Crippen LogP contribution in [-0.2, 0) is 0 Å². The first-order valence-electron chi connectivity index (χ1n) is 9.02. The predicted molar refractivity (Wildman–Crippen MR) is 116 cm³/mol. The fourth-order valence-corrected chi connectivity index (χ4v) is 2.74. The molecule has 0 aliphatic heterocycles. The number of amides is 1. The summed E-state index contributed by atoms with van der Waals surface area (Å²) in [5, 5.41) is 4.50. The molecule has 7 heteroatoms. The number of methoxy groups -OCH3 is 1. The summed E-state index contributed by atoms with van der Waals surface area (Å²) in [6.45, 7) is 1.91. The van der Waals surface area contributed by atoms with E-state index < -0.39 is 5.97 Å². The van der Waals surface area contributed by atoms with Gasteiger partial charge in [-0.25, -0.2) is 10.2 Å². The van der Waals surface area contributed by atoms with Crippen molar-refractivity contribution in [2.45, 2.75) is 6.92 Å². The van der Waals surface area contributed by atoms with Gasteiger partial charge in [0.15, 0.2) is 11.5 Å². The Balaban J connectivity index is 1.67. The van der Waals surface area contributed by atoms with Gasteiger partial charge in [0.05, 0.1) is 18.9 Å². The Morgan fingerprint density at radius 1 is 0.967 bits per heavy atom. The van der Waals surface area contributed by atoms with Gasteiger partial charge in [0, 0.05) is 10.6 Å². The average Bonchev–Trinajstić information content (AvgIpc) is 2.75. The van der Waals surface area contributed by atoms with Gasteiger partial charge in [0.2, 0.25) is 0 Å². The number of hydrogen-bond acceptors (Lipinski definition) is 5. The zero-order valence-corrected chi connectivity index (χ0v) is 17.1. The van der Waals surface area contributed by atoms with Crippen molar-refractivity contribution in [3.63, 3.8) is 0 Å². The molecule has 1 amide bonds. The number of carbonyl (C=O) groups is 2. The summed E-state index contributed by atoms with van der Waals surface area (Å²) in [7, 11) is 1.47. The third-order valence-corrected chi connectivity index (χ3v) is 4.38. The second-order valence-corrected chi connectivity index (χ2v) is 6.81. The molecule has 0 aromatic heterocycles. The van der Waals surface area contributed by atoms with Crippen LogP contribution in [0, 0.1) is 6.92 Å². The molecular weight excluding hydrogens is 404 g/mol. The first-order valence-corrected chi connectivity index (χ1v) is 9.40. The van der Waals surface area contributed by atoms with E-state index in [2.05, 4.69) is 10.5 Å². The standard InChI is InChI=1S/C23H19ClN2O4/c1-15-4-3-5-18(12-15)22(27)26-25-14-16-6-11-20(21(13-16)29-2)30-23(28)17-7-9-19(24)10-8-17/h3-14H,1-2H3,(H,26,27)/b25-14+. The maximum atomic E-state index is 12.3. The van der Waals surface area contributed by atoms with Crippen LogP contribution in [0.5, 0.6) is 11.5 Å². The van der Waals surface area contributed by atoms with E-state index in [0.29, 0.717) is 27.5 Å². The van der Waals surface area contributed by atoms with Gasteiger partial charge in [0.1, 0.15) is 0 Å². The minimum Gasteiger partial charge on any atom is -0.493 e. The van der Waals surface area contributed by atoms with Crippen LogP contribution in [0.3, 0.4) is 0 Å². The summed E-state index contributed by atoms with van der Waals surface area (Å²) >= 11 is 5.83. The second kappa shape index (κ2) is 9.71. The Hall–Kier alpha value is -3.64. The van der Waals surface area contributed by atoms with Crippen LogP contribution in [0.15, 0.2) is 71.8 Å². The van der Waals surface area contributed by atoms with Crippen LogP contribution in [0.25, 0.3) is 0 Å². The molecule has 3 rings (SSSR count). The van der Waals surface area contributed by atoms with Gasteiger partial charge in [-0.05, 0) is 67.1 Å². The molecule has 30 heavy (non-hydrogen) atoms. The first-order chi connectivity index (χ1) is 14.5. The molecule has 0 aliphatic rings. The van der Waals surface area contributed by atoms with Crippen LogP contribution in [-0.4, -0.2) is 25.2 Å². The Labute approximate surface area is 179 Å². The Morgan fingerprint density at radius 3 is 2.43 bits per heavy atom. The molecule has 0 bridgehead atoms. The Bertz CT molecular complexity index is 1090. The summed E-state index contributed by atoms with van der Waals surface area (Å²) < 4.78 is 10.7. The van der Waals surface area contributed by atoms with Crippen LogP contribution in [0.4, 0.5) is 0 Å². The number of carbonyl (C=O) groups excluding carboxylic acids is 2. The van der Waals surface area contributed by atoms with E-state index in [1.165, 1.54) is 13.3 Å². The minimum absolute atomic E-state index is 0.262. The lowest BCUT2D eigenvalue weighted by Gasteiger charge is -2.10. The van der Waals surface area contributed by atoms with Gasteiger partial charge < -0.3 is 9.47 Å². The zero-order valence-electron chi connectivity index (χ0n) is 16.4. The van der Waals surface area contributed by atoms with E-state index in [9.17, 15) is 9.59 Å². The molecule has 0 unspecified atom stereocenters. The monoisotopic (exact) mass is 422 g/mol. The van der Waals surface area contributed by atoms with Gasteiger partial charge in [0.25, 0.3) is 5.91 Å². The smallest absolute Gasteiger partial charge is 0.343 e. The number of nitrogens with zero attached hydrogens (tertiary/aromatic N) is 1. The third kappa shape index (κ3) is 5.46. The predicted octanol–water partition coefficient (Wildman–Crippen LogP) is 4.64. The first kappa shape index (κ1) is 21.1.